The molecule has 0 aliphatic heterocycles. The Morgan fingerprint density at radius 3 is 1.84 bits per heavy atom. The van der Waals surface area contributed by atoms with Crippen molar-refractivity contribution in [1.29, 1.82) is 0 Å². The number of benzene rings is 4. The molecule has 10 heteroatoms. The first kappa shape index (κ1) is 23.9. The molecule has 4 aromatic carbocycles. The fourth-order valence-corrected chi connectivity index (χ4v) is 4.73. The Labute approximate surface area is 213 Å². The number of aryl methyl sites for hydroxylation is 1. The lowest BCUT2D eigenvalue weighted by Gasteiger charge is -2.14. The highest BCUT2D eigenvalue weighted by Crippen LogP contribution is 2.29. The average Bonchev–Trinajstić information content (AvgIpc) is 2.89. The number of rotatable bonds is 7. The van der Waals surface area contributed by atoms with Crippen LogP contribution in [0.2, 0.25) is 0 Å². The van der Waals surface area contributed by atoms with Crippen molar-refractivity contribution >= 4 is 44.1 Å². The fourth-order valence-electron chi connectivity index (χ4n) is 3.72. The molecule has 0 spiro atoms. The van der Waals surface area contributed by atoms with Gasteiger partial charge in [-0.05, 0) is 66.6 Å². The Morgan fingerprint density at radius 1 is 0.730 bits per heavy atom. The van der Waals surface area contributed by atoms with E-state index >= 15 is 0 Å². The van der Waals surface area contributed by atoms with E-state index in [0.29, 0.717) is 16.7 Å². The van der Waals surface area contributed by atoms with Gasteiger partial charge in [0.15, 0.2) is 11.6 Å². The van der Waals surface area contributed by atoms with Crippen LogP contribution in [0.4, 0.5) is 23.0 Å². The van der Waals surface area contributed by atoms with Crippen LogP contribution < -0.4 is 10.0 Å². The third-order valence-electron chi connectivity index (χ3n) is 5.69. The molecule has 0 bridgehead atoms. The van der Waals surface area contributed by atoms with E-state index < -0.39 is 14.9 Å². The van der Waals surface area contributed by atoms with Gasteiger partial charge in [0, 0.05) is 17.8 Å². The van der Waals surface area contributed by atoms with E-state index in [9.17, 15) is 18.5 Å². The molecular formula is C27H21N5O4S. The maximum Gasteiger partial charge on any atom is 0.269 e. The normalized spacial score (nSPS) is 11.3. The lowest BCUT2D eigenvalue weighted by atomic mass is 10.1. The maximum absolute atomic E-state index is 13.1. The van der Waals surface area contributed by atoms with Crippen molar-refractivity contribution in [2.75, 3.05) is 10.0 Å². The molecule has 0 saturated heterocycles. The van der Waals surface area contributed by atoms with Crippen LogP contribution in [0, 0.1) is 17.0 Å². The van der Waals surface area contributed by atoms with Crippen molar-refractivity contribution < 1.29 is 13.3 Å². The highest BCUT2D eigenvalue weighted by atomic mass is 32.2. The van der Waals surface area contributed by atoms with E-state index in [2.05, 4.69) is 20.0 Å². The highest BCUT2D eigenvalue weighted by Gasteiger charge is 2.19. The molecule has 2 N–H and O–H groups in total. The summed E-state index contributed by atoms with van der Waals surface area (Å²) in [5, 5.41) is 14.1. The van der Waals surface area contributed by atoms with E-state index in [1.54, 1.807) is 42.5 Å². The third kappa shape index (κ3) is 5.24. The second-order valence-electron chi connectivity index (χ2n) is 8.33. The van der Waals surface area contributed by atoms with Crippen LogP contribution >= 0.6 is 0 Å². The zero-order valence-electron chi connectivity index (χ0n) is 19.6. The van der Waals surface area contributed by atoms with Gasteiger partial charge in [-0.25, -0.2) is 18.4 Å². The second kappa shape index (κ2) is 9.67. The molecule has 5 aromatic rings. The van der Waals surface area contributed by atoms with Gasteiger partial charge in [-0.2, -0.15) is 0 Å². The van der Waals surface area contributed by atoms with Crippen LogP contribution in [-0.2, 0) is 10.0 Å². The predicted molar refractivity (Wildman–Crippen MR) is 143 cm³/mol. The number of para-hydroxylation sites is 2. The van der Waals surface area contributed by atoms with E-state index in [-0.39, 0.29) is 22.2 Å². The largest absolute Gasteiger partial charge is 0.337 e. The molecule has 1 aromatic heterocycles. The molecule has 5 rings (SSSR count). The zero-order chi connectivity index (χ0) is 26.0. The monoisotopic (exact) mass is 511 g/mol. The first-order valence-electron chi connectivity index (χ1n) is 11.3. The van der Waals surface area contributed by atoms with Gasteiger partial charge in [-0.15, -0.1) is 0 Å². The number of nitro groups is 1. The molecule has 0 aliphatic carbocycles. The molecule has 0 unspecified atom stereocenters. The smallest absolute Gasteiger partial charge is 0.269 e. The predicted octanol–water partition coefficient (Wildman–Crippen LogP) is 6.06. The third-order valence-corrected chi connectivity index (χ3v) is 7.05. The fraction of sp³-hybridized carbons (Fsp3) is 0.0370. The standard InChI is InChI=1S/C27H21N5O4S/c1-18-6-16-23(17-7-18)37(35,36)31-27-26(29-24-4-2-3-5-25(24)30-27)28-21-12-8-19(9-13-21)20-10-14-22(15-11-20)32(33)34/h2-17H,1H3,(H,28,29)(H,30,31). The van der Waals surface area contributed by atoms with Gasteiger partial charge >= 0.3 is 0 Å². The molecule has 1 heterocycles. The number of hydrogen-bond acceptors (Lipinski definition) is 7. The lowest BCUT2D eigenvalue weighted by Crippen LogP contribution is -2.16. The van der Waals surface area contributed by atoms with E-state index in [1.165, 1.54) is 24.3 Å². The molecule has 9 nitrogen and oxygen atoms in total. The number of fused-ring (bicyclic) bond motifs is 1. The van der Waals surface area contributed by atoms with E-state index in [4.69, 9.17) is 0 Å². The Kier molecular flexibility index (Phi) is 6.24. The molecular weight excluding hydrogens is 490 g/mol. The minimum absolute atomic E-state index is 0.0255. The average molecular weight is 512 g/mol. The minimum Gasteiger partial charge on any atom is -0.337 e. The molecule has 0 fully saturated rings. The van der Waals surface area contributed by atoms with Crippen LogP contribution in [0.1, 0.15) is 5.56 Å². The molecule has 37 heavy (non-hydrogen) atoms. The van der Waals surface area contributed by atoms with E-state index in [0.717, 1.165) is 16.7 Å². The summed E-state index contributed by atoms with van der Waals surface area (Å²) >= 11 is 0. The first-order valence-corrected chi connectivity index (χ1v) is 12.7. The summed E-state index contributed by atoms with van der Waals surface area (Å²) < 4.78 is 28.7. The number of hydrogen-bond donors (Lipinski definition) is 2. The van der Waals surface area contributed by atoms with Crippen molar-refractivity contribution in [1.82, 2.24) is 9.97 Å². The van der Waals surface area contributed by atoms with Gasteiger partial charge < -0.3 is 5.32 Å². The summed E-state index contributed by atoms with van der Waals surface area (Å²) in [6, 6.07) is 27.3. The van der Waals surface area contributed by atoms with Crippen molar-refractivity contribution in [2.24, 2.45) is 0 Å². The van der Waals surface area contributed by atoms with Crippen molar-refractivity contribution in [3.8, 4) is 11.1 Å². The van der Waals surface area contributed by atoms with Crippen LogP contribution in [0.15, 0.2) is 102 Å². The molecule has 0 saturated carbocycles. The number of nitrogens with zero attached hydrogens (tertiary/aromatic N) is 3. The Bertz CT molecular complexity index is 1700. The number of nitrogens with one attached hydrogen (secondary N) is 2. The molecule has 0 amide bonds. The number of sulfonamides is 1. The quantitative estimate of drug-likeness (QED) is 0.201. The van der Waals surface area contributed by atoms with Gasteiger partial charge in [0.05, 0.1) is 20.9 Å². The molecule has 0 atom stereocenters. The first-order chi connectivity index (χ1) is 17.8. The van der Waals surface area contributed by atoms with Gasteiger partial charge in [-0.3, -0.25) is 14.8 Å². The SMILES string of the molecule is Cc1ccc(S(=O)(=O)Nc2nc3ccccc3nc2Nc2ccc(-c3ccc([N+](=O)[O-])cc3)cc2)cc1. The lowest BCUT2D eigenvalue weighted by molar-refractivity contribution is -0.384. The summed E-state index contributed by atoms with van der Waals surface area (Å²) in [5.41, 5.74) is 4.47. The van der Waals surface area contributed by atoms with E-state index in [1.807, 2.05) is 37.3 Å². The summed E-state index contributed by atoms with van der Waals surface area (Å²) in [7, 11) is -3.91. The number of anilines is 3. The number of non-ortho nitro benzene ring substituents is 1. The zero-order valence-corrected chi connectivity index (χ0v) is 20.4. The minimum atomic E-state index is -3.91. The van der Waals surface area contributed by atoms with Gasteiger partial charge in [0.2, 0.25) is 0 Å². The van der Waals surface area contributed by atoms with Gasteiger partial charge in [0.1, 0.15) is 0 Å². The van der Waals surface area contributed by atoms with Crippen LogP contribution in [-0.4, -0.2) is 23.3 Å². The Balaban J connectivity index is 1.46. The number of aromatic nitrogens is 2. The highest BCUT2D eigenvalue weighted by molar-refractivity contribution is 7.92. The van der Waals surface area contributed by atoms with Gasteiger partial charge in [0.25, 0.3) is 15.7 Å². The molecule has 0 aliphatic rings. The van der Waals surface area contributed by atoms with Gasteiger partial charge in [-0.1, -0.05) is 42.0 Å². The Hall–Kier alpha value is -4.83. The van der Waals surface area contributed by atoms with Crippen molar-refractivity contribution in [3.05, 3.63) is 113 Å². The topological polar surface area (TPSA) is 127 Å². The maximum atomic E-state index is 13.1. The van der Waals surface area contributed by atoms with Crippen LogP contribution in [0.3, 0.4) is 0 Å². The van der Waals surface area contributed by atoms with Crippen LogP contribution in [0.5, 0.6) is 0 Å². The summed E-state index contributed by atoms with van der Waals surface area (Å²) in [4.78, 5) is 19.7. The van der Waals surface area contributed by atoms with Crippen molar-refractivity contribution in [2.45, 2.75) is 11.8 Å². The van der Waals surface area contributed by atoms with Crippen LogP contribution in [0.25, 0.3) is 22.2 Å². The number of nitro benzene ring substituents is 1. The summed E-state index contributed by atoms with van der Waals surface area (Å²) in [5.74, 6) is 0.316. The van der Waals surface area contributed by atoms with Crippen molar-refractivity contribution in [3.63, 3.8) is 0 Å². The Morgan fingerprint density at radius 2 is 1.27 bits per heavy atom. The second-order valence-corrected chi connectivity index (χ2v) is 10.0. The summed E-state index contributed by atoms with van der Waals surface area (Å²) in [6.45, 7) is 1.88. The molecule has 0 radical (unpaired) electrons. The summed E-state index contributed by atoms with van der Waals surface area (Å²) in [6.07, 6.45) is 0. The molecule has 184 valence electrons.